The largest absolute Gasteiger partial charge is 0.498 e. The molecule has 24 heavy (non-hydrogen) atoms. The Morgan fingerprint density at radius 2 is 2.08 bits per heavy atom. The third-order valence-corrected chi connectivity index (χ3v) is 4.33. The van der Waals surface area contributed by atoms with Gasteiger partial charge in [0.2, 0.25) is 5.13 Å². The lowest BCUT2D eigenvalue weighted by Crippen LogP contribution is -2.36. The average Bonchev–Trinajstić information content (AvgIpc) is 3.04. The summed E-state index contributed by atoms with van der Waals surface area (Å²) in [5.74, 6) is 0.127. The van der Waals surface area contributed by atoms with E-state index in [1.54, 1.807) is 0 Å². The van der Waals surface area contributed by atoms with E-state index in [1.165, 1.54) is 30.6 Å². The highest BCUT2D eigenvalue weighted by Gasteiger charge is 2.36. The second-order valence-corrected chi connectivity index (χ2v) is 5.97. The third kappa shape index (κ3) is 3.26. The average molecular weight is 346 g/mol. The highest BCUT2D eigenvalue weighted by Crippen LogP contribution is 2.31. The molecule has 1 aliphatic rings. The predicted molar refractivity (Wildman–Crippen MR) is 89.5 cm³/mol. The van der Waals surface area contributed by atoms with Gasteiger partial charge in [-0.3, -0.25) is 10.1 Å². The number of nitrogens with one attached hydrogen (secondary N) is 1. The van der Waals surface area contributed by atoms with Crippen LogP contribution in [0, 0.1) is 10.1 Å². The number of hydrogen-bond donors (Lipinski definition) is 2. The summed E-state index contributed by atoms with van der Waals surface area (Å²) in [5.41, 5.74) is 1.36. The van der Waals surface area contributed by atoms with Gasteiger partial charge < -0.3 is 15.2 Å². The summed E-state index contributed by atoms with van der Waals surface area (Å²) < 4.78 is 5.04. The zero-order valence-corrected chi connectivity index (χ0v) is 13.4. The SMILES string of the molecule is COC1=CC(c2nnc(Nc3ccccc3)s2)=CC([N+](=O)[O-])C1O. The number of benzene rings is 1. The van der Waals surface area contributed by atoms with Gasteiger partial charge in [-0.1, -0.05) is 29.5 Å². The number of ether oxygens (including phenoxy) is 1. The molecule has 124 valence electrons. The molecule has 3 rings (SSSR count). The van der Waals surface area contributed by atoms with Gasteiger partial charge in [0.25, 0.3) is 6.04 Å². The number of rotatable bonds is 5. The molecule has 1 aliphatic carbocycles. The van der Waals surface area contributed by atoms with Crippen molar-refractivity contribution in [3.8, 4) is 0 Å². The second-order valence-electron chi connectivity index (χ2n) is 5.00. The van der Waals surface area contributed by atoms with Crippen molar-refractivity contribution in [1.29, 1.82) is 0 Å². The Morgan fingerprint density at radius 1 is 1.33 bits per heavy atom. The molecule has 0 spiro atoms. The molecule has 1 heterocycles. The van der Waals surface area contributed by atoms with Crippen molar-refractivity contribution in [2.75, 3.05) is 12.4 Å². The second kappa shape index (κ2) is 6.77. The topological polar surface area (TPSA) is 110 Å². The molecule has 8 nitrogen and oxygen atoms in total. The van der Waals surface area contributed by atoms with Crippen LogP contribution in [0.4, 0.5) is 10.8 Å². The molecule has 2 unspecified atom stereocenters. The molecule has 0 bridgehead atoms. The summed E-state index contributed by atoms with van der Waals surface area (Å²) >= 11 is 1.26. The van der Waals surface area contributed by atoms with Crippen LogP contribution >= 0.6 is 11.3 Å². The lowest BCUT2D eigenvalue weighted by molar-refractivity contribution is -0.519. The van der Waals surface area contributed by atoms with E-state index in [0.717, 1.165) is 5.69 Å². The Labute approximate surface area is 141 Å². The van der Waals surface area contributed by atoms with Crippen LogP contribution in [0.1, 0.15) is 5.01 Å². The van der Waals surface area contributed by atoms with Crippen LogP contribution in [0.25, 0.3) is 5.57 Å². The van der Waals surface area contributed by atoms with Crippen LogP contribution in [0.3, 0.4) is 0 Å². The van der Waals surface area contributed by atoms with E-state index < -0.39 is 17.1 Å². The zero-order chi connectivity index (χ0) is 17.1. The number of hydrogen-bond acceptors (Lipinski definition) is 8. The van der Waals surface area contributed by atoms with Crippen LogP contribution in [-0.2, 0) is 4.74 Å². The van der Waals surface area contributed by atoms with E-state index in [1.807, 2.05) is 30.3 Å². The molecule has 1 aromatic heterocycles. The van der Waals surface area contributed by atoms with Gasteiger partial charge in [0.1, 0.15) is 10.8 Å². The summed E-state index contributed by atoms with van der Waals surface area (Å²) in [6.07, 6.45) is 1.58. The van der Waals surface area contributed by atoms with Gasteiger partial charge in [-0.2, -0.15) is 0 Å². The first-order valence-electron chi connectivity index (χ1n) is 7.03. The number of nitrogens with zero attached hydrogens (tertiary/aromatic N) is 3. The first-order valence-corrected chi connectivity index (χ1v) is 7.85. The van der Waals surface area contributed by atoms with E-state index in [4.69, 9.17) is 4.74 Å². The quantitative estimate of drug-likeness (QED) is 0.631. The number of aliphatic hydroxyl groups is 1. The van der Waals surface area contributed by atoms with Crippen LogP contribution in [0.15, 0.2) is 48.2 Å². The minimum atomic E-state index is -1.32. The van der Waals surface area contributed by atoms with Gasteiger partial charge in [-0.15, -0.1) is 10.2 Å². The maximum atomic E-state index is 11.1. The Hall–Kier alpha value is -2.78. The monoisotopic (exact) mass is 346 g/mol. The summed E-state index contributed by atoms with van der Waals surface area (Å²) in [7, 11) is 1.36. The third-order valence-electron chi connectivity index (χ3n) is 3.44. The summed E-state index contributed by atoms with van der Waals surface area (Å²) in [6.45, 7) is 0. The van der Waals surface area contributed by atoms with Crippen molar-refractivity contribution in [3.63, 3.8) is 0 Å². The molecule has 2 atom stereocenters. The fourth-order valence-electron chi connectivity index (χ4n) is 2.25. The smallest absolute Gasteiger partial charge is 0.264 e. The van der Waals surface area contributed by atoms with Gasteiger partial charge in [-0.25, -0.2) is 0 Å². The molecule has 9 heteroatoms. The molecule has 0 fully saturated rings. The Kier molecular flexibility index (Phi) is 4.54. The van der Waals surface area contributed by atoms with Crippen molar-refractivity contribution in [3.05, 3.63) is 63.4 Å². The van der Waals surface area contributed by atoms with Crippen LogP contribution in [0.5, 0.6) is 0 Å². The molecule has 0 saturated carbocycles. The van der Waals surface area contributed by atoms with Crippen LogP contribution in [-0.4, -0.2) is 39.5 Å². The van der Waals surface area contributed by atoms with E-state index in [0.29, 0.717) is 15.7 Å². The van der Waals surface area contributed by atoms with E-state index in [2.05, 4.69) is 15.5 Å². The molecule has 2 N–H and O–H groups in total. The molecular formula is C15H14N4O4S. The van der Waals surface area contributed by atoms with Gasteiger partial charge in [0.05, 0.1) is 7.11 Å². The number of methoxy groups -OCH3 is 1. The van der Waals surface area contributed by atoms with Crippen molar-refractivity contribution >= 4 is 27.7 Å². The maximum absolute atomic E-state index is 11.1. The lowest BCUT2D eigenvalue weighted by atomic mass is 9.99. The molecule has 0 saturated heterocycles. The minimum absolute atomic E-state index is 0.127. The predicted octanol–water partition coefficient (Wildman–Crippen LogP) is 2.22. The van der Waals surface area contributed by atoms with Crippen molar-refractivity contribution in [1.82, 2.24) is 10.2 Å². The van der Waals surface area contributed by atoms with E-state index in [-0.39, 0.29) is 5.76 Å². The number of para-hydroxylation sites is 1. The Bertz CT molecular complexity index is 803. The van der Waals surface area contributed by atoms with Gasteiger partial charge in [0.15, 0.2) is 6.10 Å². The van der Waals surface area contributed by atoms with Crippen molar-refractivity contribution in [2.24, 2.45) is 0 Å². The Balaban J connectivity index is 1.87. The van der Waals surface area contributed by atoms with E-state index >= 15 is 0 Å². The first-order chi connectivity index (χ1) is 11.6. The number of aromatic nitrogens is 2. The van der Waals surface area contributed by atoms with Crippen LogP contribution < -0.4 is 5.32 Å². The highest BCUT2D eigenvalue weighted by molar-refractivity contribution is 7.16. The molecule has 2 aromatic rings. The standard InChI is InChI=1S/C15H14N4O4S/c1-23-12-8-9(7-11(13(12)20)19(21)22)14-17-18-15(24-14)16-10-5-3-2-4-6-10/h2-8,11,13,20H,1H3,(H,16,18). The van der Waals surface area contributed by atoms with E-state index in [9.17, 15) is 15.2 Å². The fraction of sp³-hybridized carbons (Fsp3) is 0.200. The molecule has 0 amide bonds. The number of nitro groups is 1. The minimum Gasteiger partial charge on any atom is -0.498 e. The zero-order valence-electron chi connectivity index (χ0n) is 12.6. The molecule has 1 aromatic carbocycles. The first kappa shape index (κ1) is 16.1. The fourth-order valence-corrected chi connectivity index (χ4v) is 3.01. The normalized spacial score (nSPS) is 20.1. The number of anilines is 2. The summed E-state index contributed by atoms with van der Waals surface area (Å²) in [6, 6.07) is 8.19. The maximum Gasteiger partial charge on any atom is 0.264 e. The Morgan fingerprint density at radius 3 is 2.75 bits per heavy atom. The highest BCUT2D eigenvalue weighted by atomic mass is 32.1. The number of aliphatic hydroxyl groups excluding tert-OH is 1. The van der Waals surface area contributed by atoms with Gasteiger partial charge in [0, 0.05) is 22.3 Å². The lowest BCUT2D eigenvalue weighted by Gasteiger charge is -2.20. The van der Waals surface area contributed by atoms with Crippen molar-refractivity contribution < 1.29 is 14.8 Å². The van der Waals surface area contributed by atoms with Gasteiger partial charge >= 0.3 is 0 Å². The van der Waals surface area contributed by atoms with Crippen molar-refractivity contribution in [2.45, 2.75) is 12.1 Å². The summed E-state index contributed by atoms with van der Waals surface area (Å²) in [5, 5.41) is 33.3. The van der Waals surface area contributed by atoms with Gasteiger partial charge in [-0.05, 0) is 18.2 Å². The number of allylic oxidation sites excluding steroid dienone is 2. The van der Waals surface area contributed by atoms with Crippen LogP contribution in [0.2, 0.25) is 0 Å². The summed E-state index contributed by atoms with van der Waals surface area (Å²) in [4.78, 5) is 10.6. The molecular weight excluding hydrogens is 332 g/mol. The molecule has 0 aliphatic heterocycles. The molecule has 0 radical (unpaired) electrons.